The van der Waals surface area contributed by atoms with Gasteiger partial charge in [-0.25, -0.2) is 4.68 Å². The van der Waals surface area contributed by atoms with Crippen LogP contribution in [0.15, 0.2) is 24.3 Å². The fourth-order valence-corrected chi connectivity index (χ4v) is 2.24. The zero-order valence-corrected chi connectivity index (χ0v) is 10.2. The molecule has 6 heteroatoms. The van der Waals surface area contributed by atoms with Crippen LogP contribution in [0.5, 0.6) is 0 Å². The van der Waals surface area contributed by atoms with Gasteiger partial charge >= 0.3 is 0 Å². The zero-order valence-electron chi connectivity index (χ0n) is 10.2. The molecule has 1 aliphatic rings. The van der Waals surface area contributed by atoms with E-state index < -0.39 is 0 Å². The maximum atomic E-state index is 5.78. The summed E-state index contributed by atoms with van der Waals surface area (Å²) in [5.74, 6) is 0.766. The quantitative estimate of drug-likeness (QED) is 0.824. The van der Waals surface area contributed by atoms with E-state index in [1.807, 2.05) is 28.9 Å². The number of nitrogen functional groups attached to an aromatic ring is 1. The summed E-state index contributed by atoms with van der Waals surface area (Å²) in [4.78, 5) is 0. The monoisotopic (exact) mass is 245 g/mol. The number of tetrazole rings is 1. The first-order chi connectivity index (χ1) is 8.78. The number of hydrogen-bond donors (Lipinski definition) is 1. The molecule has 0 aliphatic heterocycles. The molecule has 6 nitrogen and oxygen atoms in total. The van der Waals surface area contributed by atoms with Gasteiger partial charge in [0.15, 0.2) is 5.82 Å². The molecule has 2 N–H and O–H groups in total. The Labute approximate surface area is 105 Å². The van der Waals surface area contributed by atoms with Crippen LogP contribution in [0, 0.1) is 0 Å². The Bertz CT molecular complexity index is 547. The van der Waals surface area contributed by atoms with Gasteiger partial charge in [0.05, 0.1) is 12.1 Å². The van der Waals surface area contributed by atoms with E-state index >= 15 is 0 Å². The minimum Gasteiger partial charge on any atom is -0.399 e. The van der Waals surface area contributed by atoms with Crippen molar-refractivity contribution in [2.75, 3.05) is 12.8 Å². The molecule has 1 fully saturated rings. The van der Waals surface area contributed by atoms with E-state index in [0.717, 1.165) is 24.2 Å². The van der Waals surface area contributed by atoms with Crippen molar-refractivity contribution in [3.05, 3.63) is 24.3 Å². The van der Waals surface area contributed by atoms with Gasteiger partial charge in [-0.3, -0.25) is 0 Å². The summed E-state index contributed by atoms with van der Waals surface area (Å²) in [5.41, 5.74) is 7.44. The van der Waals surface area contributed by atoms with E-state index in [0.29, 0.717) is 17.8 Å². The topological polar surface area (TPSA) is 78.8 Å². The summed E-state index contributed by atoms with van der Waals surface area (Å²) in [6.07, 6.45) is 2.24. The third-order valence-corrected chi connectivity index (χ3v) is 3.39. The van der Waals surface area contributed by atoms with Crippen LogP contribution in [0.3, 0.4) is 0 Å². The largest absolute Gasteiger partial charge is 0.399 e. The first-order valence-corrected chi connectivity index (χ1v) is 5.94. The highest BCUT2D eigenvalue weighted by molar-refractivity contribution is 5.60. The van der Waals surface area contributed by atoms with Crippen LogP contribution in [0.25, 0.3) is 11.4 Å². The van der Waals surface area contributed by atoms with Gasteiger partial charge < -0.3 is 10.5 Å². The molecule has 18 heavy (non-hydrogen) atoms. The minimum atomic E-state index is 0.321. The van der Waals surface area contributed by atoms with E-state index in [1.54, 1.807) is 7.11 Å². The molecule has 1 saturated carbocycles. The van der Waals surface area contributed by atoms with Crippen molar-refractivity contribution in [3.63, 3.8) is 0 Å². The number of ether oxygens (including phenoxy) is 1. The van der Waals surface area contributed by atoms with Crippen LogP contribution in [0.2, 0.25) is 0 Å². The molecular weight excluding hydrogens is 230 g/mol. The van der Waals surface area contributed by atoms with Crippen LogP contribution in [-0.2, 0) is 4.74 Å². The third-order valence-electron chi connectivity index (χ3n) is 3.39. The molecular formula is C12H15N5O. The lowest BCUT2D eigenvalue weighted by atomic mass is 9.89. The predicted molar refractivity (Wildman–Crippen MR) is 66.7 cm³/mol. The van der Waals surface area contributed by atoms with Crippen molar-refractivity contribution in [1.29, 1.82) is 0 Å². The molecule has 1 aromatic carbocycles. The molecule has 94 valence electrons. The summed E-state index contributed by atoms with van der Waals surface area (Å²) in [6.45, 7) is 0. The second kappa shape index (κ2) is 4.38. The molecule has 3 rings (SSSR count). The van der Waals surface area contributed by atoms with Crippen molar-refractivity contribution in [2.24, 2.45) is 0 Å². The van der Waals surface area contributed by atoms with Crippen LogP contribution in [0.1, 0.15) is 18.9 Å². The first-order valence-electron chi connectivity index (χ1n) is 5.94. The molecule has 0 saturated heterocycles. The number of methoxy groups -OCH3 is 1. The Balaban J connectivity index is 1.88. The van der Waals surface area contributed by atoms with Gasteiger partial charge in [-0.15, -0.1) is 5.10 Å². The van der Waals surface area contributed by atoms with E-state index in [4.69, 9.17) is 10.5 Å². The van der Waals surface area contributed by atoms with E-state index in [2.05, 4.69) is 15.5 Å². The molecule has 0 spiro atoms. The highest BCUT2D eigenvalue weighted by atomic mass is 16.5. The Hall–Kier alpha value is -1.95. The number of nitrogens with zero attached hydrogens (tertiary/aromatic N) is 4. The van der Waals surface area contributed by atoms with Gasteiger partial charge in [-0.2, -0.15) is 0 Å². The fraction of sp³-hybridized carbons (Fsp3) is 0.417. The van der Waals surface area contributed by atoms with E-state index in [9.17, 15) is 0 Å². The molecule has 0 bridgehead atoms. The summed E-state index contributed by atoms with van der Waals surface area (Å²) in [7, 11) is 1.74. The molecule has 1 aliphatic carbocycles. The van der Waals surface area contributed by atoms with Gasteiger partial charge in [-0.1, -0.05) is 12.1 Å². The number of nitrogens with two attached hydrogens (primary N) is 1. The average molecular weight is 245 g/mol. The van der Waals surface area contributed by atoms with Crippen molar-refractivity contribution < 1.29 is 4.74 Å². The summed E-state index contributed by atoms with van der Waals surface area (Å²) >= 11 is 0. The van der Waals surface area contributed by atoms with Crippen LogP contribution >= 0.6 is 0 Å². The van der Waals surface area contributed by atoms with Gasteiger partial charge in [0, 0.05) is 18.4 Å². The van der Waals surface area contributed by atoms with Crippen molar-refractivity contribution in [3.8, 4) is 11.4 Å². The Morgan fingerprint density at radius 2 is 2.22 bits per heavy atom. The van der Waals surface area contributed by atoms with Gasteiger partial charge in [-0.05, 0) is 35.4 Å². The number of rotatable bonds is 3. The number of aromatic nitrogens is 4. The second-order valence-corrected chi connectivity index (χ2v) is 4.56. The number of benzene rings is 1. The standard InChI is InChI=1S/C12H15N5O/c1-18-11-6-10(7-11)17-12(14-15-16-17)8-3-2-4-9(13)5-8/h2-5,10-11H,6-7,13H2,1H3. The maximum Gasteiger partial charge on any atom is 0.182 e. The first kappa shape index (κ1) is 11.2. The molecule has 0 radical (unpaired) electrons. The third kappa shape index (κ3) is 1.84. The van der Waals surface area contributed by atoms with E-state index in [1.165, 1.54) is 0 Å². The van der Waals surface area contributed by atoms with Gasteiger partial charge in [0.1, 0.15) is 0 Å². The lowest BCUT2D eigenvalue weighted by Gasteiger charge is -2.34. The lowest BCUT2D eigenvalue weighted by molar-refractivity contribution is 0.00248. The molecule has 2 aromatic rings. The molecule has 0 atom stereocenters. The number of hydrogen-bond acceptors (Lipinski definition) is 5. The van der Waals surface area contributed by atoms with Crippen molar-refractivity contribution in [2.45, 2.75) is 25.0 Å². The fourth-order valence-electron chi connectivity index (χ4n) is 2.24. The van der Waals surface area contributed by atoms with Gasteiger partial charge in [0.2, 0.25) is 0 Å². The minimum absolute atomic E-state index is 0.321. The van der Waals surface area contributed by atoms with Gasteiger partial charge in [0.25, 0.3) is 0 Å². The molecule has 1 heterocycles. The van der Waals surface area contributed by atoms with Crippen LogP contribution in [0.4, 0.5) is 5.69 Å². The highest BCUT2D eigenvalue weighted by Crippen LogP contribution is 2.35. The highest BCUT2D eigenvalue weighted by Gasteiger charge is 2.33. The molecule has 1 aromatic heterocycles. The SMILES string of the molecule is COC1CC(n2nnnc2-c2cccc(N)c2)C1. The normalized spacial score (nSPS) is 22.7. The second-order valence-electron chi connectivity index (χ2n) is 4.56. The zero-order chi connectivity index (χ0) is 12.5. The van der Waals surface area contributed by atoms with Crippen molar-refractivity contribution in [1.82, 2.24) is 20.2 Å². The Morgan fingerprint density at radius 1 is 1.39 bits per heavy atom. The average Bonchev–Trinajstić information content (AvgIpc) is 2.76. The Morgan fingerprint density at radius 3 is 2.94 bits per heavy atom. The smallest absolute Gasteiger partial charge is 0.182 e. The van der Waals surface area contributed by atoms with Crippen molar-refractivity contribution >= 4 is 5.69 Å². The number of anilines is 1. The summed E-state index contributed by atoms with van der Waals surface area (Å²) in [5, 5.41) is 11.9. The lowest BCUT2D eigenvalue weighted by Crippen LogP contribution is -2.33. The molecule has 0 unspecified atom stereocenters. The summed E-state index contributed by atoms with van der Waals surface area (Å²) in [6, 6.07) is 7.92. The van der Waals surface area contributed by atoms with Crippen LogP contribution < -0.4 is 5.73 Å². The van der Waals surface area contributed by atoms with E-state index in [-0.39, 0.29) is 0 Å². The Kier molecular flexibility index (Phi) is 2.71. The van der Waals surface area contributed by atoms with Crippen LogP contribution in [-0.4, -0.2) is 33.4 Å². The predicted octanol–water partition coefficient (Wildman–Crippen LogP) is 1.27. The molecule has 0 amide bonds. The maximum absolute atomic E-state index is 5.78. The summed E-state index contributed by atoms with van der Waals surface area (Å²) < 4.78 is 7.14.